The molecule has 0 radical (unpaired) electrons. The topological polar surface area (TPSA) is 59.1 Å². The fourth-order valence-corrected chi connectivity index (χ4v) is 3.31. The van der Waals surface area contributed by atoms with Crippen molar-refractivity contribution in [1.82, 2.24) is 0 Å². The molecule has 0 aliphatic heterocycles. The molecule has 0 amide bonds. The molecule has 1 saturated carbocycles. The van der Waals surface area contributed by atoms with Crippen molar-refractivity contribution in [3.63, 3.8) is 0 Å². The van der Waals surface area contributed by atoms with E-state index in [1.807, 2.05) is 29.9 Å². The molecule has 1 aliphatic carbocycles. The summed E-state index contributed by atoms with van der Waals surface area (Å²) in [6.45, 7) is 5.82. The summed E-state index contributed by atoms with van der Waals surface area (Å²) in [5.41, 5.74) is 8.70. The first-order chi connectivity index (χ1) is 8.47. The van der Waals surface area contributed by atoms with Crippen LogP contribution < -0.4 is 5.73 Å². The van der Waals surface area contributed by atoms with Crippen molar-refractivity contribution in [3.8, 4) is 0 Å². The van der Waals surface area contributed by atoms with Gasteiger partial charge in [-0.05, 0) is 67.2 Å². The smallest absolute Gasteiger partial charge is 0.110 e. The Morgan fingerprint density at radius 1 is 1.44 bits per heavy atom. The van der Waals surface area contributed by atoms with Gasteiger partial charge in [-0.2, -0.15) is 0 Å². The van der Waals surface area contributed by atoms with Crippen LogP contribution in [0.25, 0.3) is 0 Å². The van der Waals surface area contributed by atoms with E-state index in [4.69, 9.17) is 14.2 Å². The molecule has 2 atom stereocenters. The van der Waals surface area contributed by atoms with E-state index in [-0.39, 0.29) is 5.92 Å². The van der Waals surface area contributed by atoms with Gasteiger partial charge in [0, 0.05) is 15.2 Å². The molecule has 0 aromatic carbocycles. The summed E-state index contributed by atoms with van der Waals surface area (Å²) in [6, 6.07) is 0. The number of nitrogens with two attached hydrogens (primary N) is 1. The number of nitrogens with one attached hydrogen (secondary N) is 1. The Kier molecular flexibility index (Phi) is 7.15. The van der Waals surface area contributed by atoms with E-state index in [9.17, 15) is 0 Å². The third kappa shape index (κ3) is 4.48. The average Bonchev–Trinajstić information content (AvgIpc) is 2.27. The van der Waals surface area contributed by atoms with Crippen molar-refractivity contribution < 1.29 is 3.07 Å². The van der Waals surface area contributed by atoms with Gasteiger partial charge in [0.2, 0.25) is 0 Å². The van der Waals surface area contributed by atoms with Gasteiger partial charge in [-0.3, -0.25) is 0 Å². The minimum absolute atomic E-state index is 0.148. The SMILES string of the molecule is C=C(I)C(=N)C1CCCC(OI)CC/C1=C(\C)N. The van der Waals surface area contributed by atoms with Crippen molar-refractivity contribution >= 4 is 51.3 Å². The molecule has 0 heterocycles. The lowest BCUT2D eigenvalue weighted by atomic mass is 9.82. The molecule has 1 rings (SSSR count). The molecule has 3 N–H and O–H groups in total. The van der Waals surface area contributed by atoms with Crippen molar-refractivity contribution in [2.45, 2.75) is 45.1 Å². The summed E-state index contributed by atoms with van der Waals surface area (Å²) >= 11 is 4.12. The monoisotopic (exact) mass is 474 g/mol. The fourth-order valence-electron chi connectivity index (χ4n) is 2.43. The van der Waals surface area contributed by atoms with E-state index in [0.29, 0.717) is 11.8 Å². The average molecular weight is 474 g/mol. The summed E-state index contributed by atoms with van der Waals surface area (Å²) in [5.74, 6) is 0.148. The molecule has 1 aliphatic rings. The second-order valence-corrected chi connectivity index (χ2v) is 6.57. The van der Waals surface area contributed by atoms with Crippen molar-refractivity contribution in [2.75, 3.05) is 0 Å². The number of hydrogen-bond donors (Lipinski definition) is 2. The first kappa shape index (κ1) is 16.4. The zero-order valence-electron chi connectivity index (χ0n) is 10.6. The van der Waals surface area contributed by atoms with Crippen LogP contribution in [0.15, 0.2) is 21.4 Å². The van der Waals surface area contributed by atoms with Crippen LogP contribution in [0.1, 0.15) is 39.0 Å². The number of allylic oxidation sites excluding steroid dienone is 3. The zero-order chi connectivity index (χ0) is 13.7. The summed E-state index contributed by atoms with van der Waals surface area (Å²) in [7, 11) is 0. The van der Waals surface area contributed by atoms with Crippen LogP contribution in [-0.2, 0) is 3.07 Å². The maximum atomic E-state index is 8.20. The molecule has 2 unspecified atom stereocenters. The van der Waals surface area contributed by atoms with Gasteiger partial charge >= 0.3 is 0 Å². The maximum absolute atomic E-state index is 8.20. The molecular weight excluding hydrogens is 454 g/mol. The molecule has 18 heavy (non-hydrogen) atoms. The largest absolute Gasteiger partial charge is 0.402 e. The second kappa shape index (κ2) is 7.84. The first-order valence-corrected chi connectivity index (χ1v) is 8.09. The third-order valence-corrected chi connectivity index (χ3v) is 4.75. The Hall–Kier alpha value is 0.370. The second-order valence-electron chi connectivity index (χ2n) is 4.76. The van der Waals surface area contributed by atoms with Crippen molar-refractivity contribution in [1.29, 1.82) is 5.41 Å². The highest BCUT2D eigenvalue weighted by molar-refractivity contribution is 14.1. The Balaban J connectivity index is 2.91. The van der Waals surface area contributed by atoms with Crippen LogP contribution in [0.5, 0.6) is 0 Å². The minimum Gasteiger partial charge on any atom is -0.402 e. The molecule has 0 spiro atoms. The van der Waals surface area contributed by atoms with Crippen LogP contribution in [0.4, 0.5) is 0 Å². The summed E-state index contributed by atoms with van der Waals surface area (Å²) in [4.78, 5) is 0. The predicted molar refractivity (Wildman–Crippen MR) is 93.2 cm³/mol. The normalized spacial score (nSPS) is 28.2. The Labute approximate surface area is 137 Å². The lowest BCUT2D eigenvalue weighted by molar-refractivity contribution is 0.236. The first-order valence-electron chi connectivity index (χ1n) is 6.13. The summed E-state index contributed by atoms with van der Waals surface area (Å²) in [5, 5.41) is 8.20. The number of halogens is 2. The van der Waals surface area contributed by atoms with Crippen LogP contribution >= 0.6 is 45.6 Å². The van der Waals surface area contributed by atoms with Gasteiger partial charge in [0.25, 0.3) is 0 Å². The standard InChI is InChI=1S/C13H20I2N2O/c1-8(14)13(17)12-5-3-4-10(18-15)6-7-11(12)9(2)16/h10,12,17H,1,3-7,16H2,2H3/b11-9-,17-13?. The van der Waals surface area contributed by atoms with E-state index in [0.717, 1.165) is 41.4 Å². The van der Waals surface area contributed by atoms with Crippen molar-refractivity contribution in [2.24, 2.45) is 11.7 Å². The molecule has 3 nitrogen and oxygen atoms in total. The number of hydrogen-bond acceptors (Lipinski definition) is 3. The van der Waals surface area contributed by atoms with Gasteiger partial charge < -0.3 is 14.2 Å². The molecule has 0 aromatic heterocycles. The van der Waals surface area contributed by atoms with E-state index in [1.165, 1.54) is 5.57 Å². The van der Waals surface area contributed by atoms with E-state index >= 15 is 0 Å². The predicted octanol–water partition coefficient (Wildman–Crippen LogP) is 4.50. The van der Waals surface area contributed by atoms with Gasteiger partial charge in [0.05, 0.1) is 11.8 Å². The van der Waals surface area contributed by atoms with Gasteiger partial charge in [-0.25, -0.2) is 0 Å². The van der Waals surface area contributed by atoms with E-state index in [1.54, 1.807) is 0 Å². The van der Waals surface area contributed by atoms with Crippen molar-refractivity contribution in [3.05, 3.63) is 21.4 Å². The maximum Gasteiger partial charge on any atom is 0.110 e. The van der Waals surface area contributed by atoms with E-state index < -0.39 is 0 Å². The van der Waals surface area contributed by atoms with Crippen LogP contribution in [0, 0.1) is 11.3 Å². The Bertz CT molecular complexity index is 362. The van der Waals surface area contributed by atoms with Gasteiger partial charge in [-0.15, -0.1) is 0 Å². The molecule has 0 aromatic rings. The highest BCUT2D eigenvalue weighted by Gasteiger charge is 2.25. The summed E-state index contributed by atoms with van der Waals surface area (Å²) in [6.07, 6.45) is 5.34. The lowest BCUT2D eigenvalue weighted by Crippen LogP contribution is -2.23. The molecular formula is C13H20I2N2O. The quantitative estimate of drug-likeness (QED) is 0.468. The lowest BCUT2D eigenvalue weighted by Gasteiger charge is -2.27. The Morgan fingerprint density at radius 2 is 2.11 bits per heavy atom. The molecule has 5 heteroatoms. The molecule has 1 fully saturated rings. The molecule has 0 bridgehead atoms. The Morgan fingerprint density at radius 3 is 2.61 bits per heavy atom. The van der Waals surface area contributed by atoms with Crippen LogP contribution in [0.2, 0.25) is 0 Å². The van der Waals surface area contributed by atoms with Gasteiger partial charge in [-0.1, -0.05) is 6.58 Å². The molecule has 102 valence electrons. The zero-order valence-corrected chi connectivity index (χ0v) is 15.0. The highest BCUT2D eigenvalue weighted by atomic mass is 127. The third-order valence-electron chi connectivity index (χ3n) is 3.45. The van der Waals surface area contributed by atoms with Gasteiger partial charge in [0.1, 0.15) is 23.0 Å². The minimum atomic E-state index is 0.148. The number of rotatable bonds is 3. The van der Waals surface area contributed by atoms with E-state index in [2.05, 4.69) is 29.2 Å². The highest BCUT2D eigenvalue weighted by Crippen LogP contribution is 2.33. The van der Waals surface area contributed by atoms with Crippen LogP contribution in [0.3, 0.4) is 0 Å². The van der Waals surface area contributed by atoms with Gasteiger partial charge in [0.15, 0.2) is 0 Å². The fraction of sp³-hybridized carbons (Fsp3) is 0.615. The van der Waals surface area contributed by atoms with Crippen LogP contribution in [-0.4, -0.2) is 11.8 Å². The summed E-state index contributed by atoms with van der Waals surface area (Å²) < 4.78 is 6.25. The molecule has 0 saturated heterocycles.